The van der Waals surface area contributed by atoms with Crippen molar-refractivity contribution in [2.24, 2.45) is 0 Å². The summed E-state index contributed by atoms with van der Waals surface area (Å²) in [5.41, 5.74) is 0. The number of rotatable bonds is 2. The molecule has 0 atom stereocenters. The second-order valence-electron chi connectivity index (χ2n) is 5.88. The topological polar surface area (TPSA) is 26.3 Å². The average Bonchev–Trinajstić information content (AvgIpc) is 2.86. The van der Waals surface area contributed by atoms with Crippen LogP contribution in [-0.2, 0) is 25.6 Å². The van der Waals surface area contributed by atoms with E-state index in [1.165, 1.54) is 21.5 Å². The summed E-state index contributed by atoms with van der Waals surface area (Å²) >= 11 is -0.944. The molecular weight excluding hydrogens is 435 g/mol. The van der Waals surface area contributed by atoms with Crippen molar-refractivity contribution in [1.29, 1.82) is 0 Å². The van der Waals surface area contributed by atoms with E-state index in [-0.39, 0.29) is 32.2 Å². The van der Waals surface area contributed by atoms with Crippen molar-refractivity contribution in [3.63, 3.8) is 0 Å². The number of benzene rings is 2. The summed E-state index contributed by atoms with van der Waals surface area (Å²) < 4.78 is 14.2. The molecule has 0 aliphatic rings. The van der Waals surface area contributed by atoms with Gasteiger partial charge in [-0.25, -0.2) is 0 Å². The molecule has 0 bridgehead atoms. The van der Waals surface area contributed by atoms with Crippen molar-refractivity contribution in [2.45, 2.75) is 19.6 Å². The van der Waals surface area contributed by atoms with E-state index in [0.29, 0.717) is 6.61 Å². The van der Waals surface area contributed by atoms with E-state index in [0.717, 1.165) is 0 Å². The Morgan fingerprint density at radius 1 is 1.00 bits per heavy atom. The van der Waals surface area contributed by atoms with Gasteiger partial charge in [0.05, 0.1) is 0 Å². The number of fused-ring (bicyclic) bond motifs is 3. The van der Waals surface area contributed by atoms with Gasteiger partial charge in [-0.05, 0) is 19.6 Å². The molecule has 0 saturated heterocycles. The molecule has 144 valence electrons. The van der Waals surface area contributed by atoms with E-state index in [2.05, 4.69) is 88.8 Å². The summed E-state index contributed by atoms with van der Waals surface area (Å²) in [6, 6.07) is 19.3. The third-order valence-corrected chi connectivity index (χ3v) is 4.13. The Morgan fingerprint density at radius 3 is 1.62 bits per heavy atom. The maximum Gasteiger partial charge on any atom is -0.0771 e. The fourth-order valence-electron chi connectivity index (χ4n) is 2.21. The van der Waals surface area contributed by atoms with E-state index in [9.17, 15) is 0 Å². The largest absolute Gasteiger partial charge is 0.126 e. The molecule has 3 aromatic carbocycles. The predicted octanol–water partition coefficient (Wildman–Crippen LogP) is 6.18. The molecule has 3 aromatic rings. The van der Waals surface area contributed by atoms with Crippen molar-refractivity contribution in [3.8, 4) is 0 Å². The van der Waals surface area contributed by atoms with Crippen molar-refractivity contribution in [1.82, 2.24) is 0 Å². The van der Waals surface area contributed by atoms with E-state index in [1.54, 1.807) is 0 Å². The number of halogens is 2. The quantitative estimate of drug-likeness (QED) is 0.336. The van der Waals surface area contributed by atoms with Crippen LogP contribution in [0.15, 0.2) is 54.6 Å². The van der Waals surface area contributed by atoms with Crippen LogP contribution < -0.4 is 0 Å². The zero-order chi connectivity index (χ0) is 17.3. The molecular formula is C19H27Cl2O2Si2Ti-3. The van der Waals surface area contributed by atoms with E-state index < -0.39 is 26.2 Å². The molecule has 3 rings (SSSR count). The molecule has 0 aliphatic heterocycles. The maximum absolute atomic E-state index is 8.97. The van der Waals surface area contributed by atoms with Crippen LogP contribution in [0.2, 0.25) is 19.6 Å². The van der Waals surface area contributed by atoms with E-state index in [4.69, 9.17) is 7.75 Å². The summed E-state index contributed by atoms with van der Waals surface area (Å²) in [7, 11) is 1.53. The van der Waals surface area contributed by atoms with Crippen molar-refractivity contribution in [2.75, 3.05) is 6.61 Å². The van der Waals surface area contributed by atoms with Gasteiger partial charge in [0.1, 0.15) is 0 Å². The van der Waals surface area contributed by atoms with Crippen molar-refractivity contribution >= 4 is 62.3 Å². The Balaban J connectivity index is -0.000000358. The Labute approximate surface area is 182 Å². The van der Waals surface area contributed by atoms with E-state index >= 15 is 0 Å². The van der Waals surface area contributed by atoms with Crippen LogP contribution in [0.4, 0.5) is 0 Å². The van der Waals surface area contributed by atoms with Crippen LogP contribution in [-0.4, -0.2) is 22.6 Å². The third-order valence-electron chi connectivity index (χ3n) is 3.06. The van der Waals surface area contributed by atoms with Gasteiger partial charge in [-0.2, -0.15) is 0 Å². The van der Waals surface area contributed by atoms with Crippen LogP contribution >= 0.6 is 24.8 Å². The fourth-order valence-corrected chi connectivity index (χ4v) is 2.82. The van der Waals surface area contributed by atoms with Gasteiger partial charge in [0.25, 0.3) is 0 Å². The summed E-state index contributed by atoms with van der Waals surface area (Å²) in [6.07, 6.45) is 0. The van der Waals surface area contributed by atoms with Gasteiger partial charge in [-0.1, -0.05) is 43.0 Å². The normalized spacial score (nSPS) is 9.08. The molecule has 0 heterocycles. The Morgan fingerprint density at radius 2 is 1.35 bits per heavy atom. The standard InChI is InChI=1S/C13H9.C5H13OSi.CH3.2ClH.O.Si.Ti/c1-3-7-12-10(5-1)9-11-6-2-4-8-13(11)12;1-5-6-7(2,3)4;;;;;;/h1-9H;1,5H2,2-4H3;1H3;2*1H;;;/q3*-1;;;;;. The first kappa shape index (κ1) is 30.5. The summed E-state index contributed by atoms with van der Waals surface area (Å²) in [5, 5.41) is 5.39. The Hall–Kier alpha value is -0.202. The van der Waals surface area contributed by atoms with Gasteiger partial charge in [-0.3, -0.25) is 0 Å². The third kappa shape index (κ3) is 10.8. The molecule has 0 aliphatic carbocycles. The Kier molecular flexibility index (Phi) is 18.6. The minimum absolute atomic E-state index is 0. The van der Waals surface area contributed by atoms with Gasteiger partial charge >= 0.3 is 28.8 Å². The van der Waals surface area contributed by atoms with E-state index in [1.807, 2.05) is 0 Å². The minimum Gasteiger partial charge on any atom is -0.126 e. The minimum atomic E-state index is -1.22. The summed E-state index contributed by atoms with van der Waals surface area (Å²) in [6.45, 7) is 10.7. The molecule has 0 saturated carbocycles. The summed E-state index contributed by atoms with van der Waals surface area (Å²) in [4.78, 5) is 0. The molecule has 2 radical (unpaired) electrons. The molecule has 26 heavy (non-hydrogen) atoms. The van der Waals surface area contributed by atoms with Crippen LogP contribution in [0.1, 0.15) is 0 Å². The van der Waals surface area contributed by atoms with Crippen LogP contribution in [0.3, 0.4) is 0 Å². The molecule has 0 amide bonds. The number of hydrogen-bond acceptors (Lipinski definition) is 2. The molecule has 7 heteroatoms. The van der Waals surface area contributed by atoms with Gasteiger partial charge in [0, 0.05) is 0 Å². The first-order chi connectivity index (χ1) is 10.9. The van der Waals surface area contributed by atoms with Gasteiger partial charge in [0.15, 0.2) is 8.32 Å². The predicted molar refractivity (Wildman–Crippen MR) is 119 cm³/mol. The SMILES string of the molecule is Cl.Cl.[CH2-]CO[Si](C)(C)C.[CH3-].[O]=[Ti]=[Si].c1ccc2c(c1)[cH-]c1ccccc12. The van der Waals surface area contributed by atoms with Gasteiger partial charge in [0.2, 0.25) is 0 Å². The fraction of sp³-hybridized carbons (Fsp3) is 0.211. The second-order valence-corrected chi connectivity index (χ2v) is 11.6. The Bertz CT molecular complexity index is 729. The first-order valence-corrected chi connectivity index (χ1v) is 14.3. The molecule has 0 fully saturated rings. The van der Waals surface area contributed by atoms with Gasteiger partial charge in [-0.15, -0.1) is 64.6 Å². The van der Waals surface area contributed by atoms with Crippen LogP contribution in [0.5, 0.6) is 0 Å². The van der Waals surface area contributed by atoms with Gasteiger partial charge < -0.3 is 18.8 Å². The average molecular weight is 462 g/mol. The zero-order valence-corrected chi connectivity index (χ0v) is 20.9. The molecule has 2 nitrogen and oxygen atoms in total. The van der Waals surface area contributed by atoms with Crippen LogP contribution in [0, 0.1) is 14.4 Å². The maximum atomic E-state index is 8.97. The smallest absolute Gasteiger partial charge is 0.0771 e. The molecule has 0 N–H and O–H groups in total. The molecule has 0 aromatic heterocycles. The first-order valence-electron chi connectivity index (χ1n) is 7.43. The zero-order valence-electron chi connectivity index (χ0n) is 15.7. The molecule has 0 unspecified atom stereocenters. The number of hydrogen-bond donors (Lipinski definition) is 0. The second kappa shape index (κ2) is 15.8. The monoisotopic (exact) mass is 461 g/mol. The van der Waals surface area contributed by atoms with Crippen molar-refractivity contribution < 1.29 is 25.6 Å². The van der Waals surface area contributed by atoms with Crippen LogP contribution in [0.25, 0.3) is 21.5 Å². The van der Waals surface area contributed by atoms with Crippen molar-refractivity contribution in [3.05, 3.63) is 68.9 Å². The molecule has 0 spiro atoms. The summed E-state index contributed by atoms with van der Waals surface area (Å²) in [5.74, 6) is 0.